The Morgan fingerprint density at radius 2 is 0.709 bits per heavy atom. The van der Waals surface area contributed by atoms with Crippen molar-refractivity contribution in [3.05, 3.63) is 219 Å². The predicted octanol–water partition coefficient (Wildman–Crippen LogP) is 10.7. The lowest BCUT2D eigenvalue weighted by molar-refractivity contribution is -0.133. The molecule has 0 unspecified atom stereocenters. The van der Waals surface area contributed by atoms with Gasteiger partial charge in [0.15, 0.2) is 0 Å². The number of hydrogen-bond donors (Lipinski definition) is 0. The van der Waals surface area contributed by atoms with Crippen LogP contribution < -0.4 is 33.6 Å². The van der Waals surface area contributed by atoms with E-state index >= 15 is 0 Å². The number of benzene rings is 3. The van der Waals surface area contributed by atoms with Gasteiger partial charge in [-0.25, -0.2) is 24.9 Å². The van der Waals surface area contributed by atoms with Gasteiger partial charge in [-0.15, -0.1) is 0 Å². The van der Waals surface area contributed by atoms with Gasteiger partial charge in [0.25, 0.3) is 0 Å². The van der Waals surface area contributed by atoms with Gasteiger partial charge in [-0.05, 0) is 89.5 Å². The number of ether oxygens (including phenoxy) is 4. The molecule has 0 spiro atoms. The molecule has 0 bridgehead atoms. The Labute approximate surface area is 626 Å². The van der Waals surface area contributed by atoms with Crippen molar-refractivity contribution < 1.29 is 59.7 Å². The number of piperazine rings is 3. The summed E-state index contributed by atoms with van der Waals surface area (Å²) in [4.78, 5) is 85.4. The van der Waals surface area contributed by atoms with Crippen LogP contribution in [0.2, 0.25) is 0 Å². The van der Waals surface area contributed by atoms with Gasteiger partial charge in [0.1, 0.15) is 71.9 Å². The molecule has 12 heterocycles. The molecule has 3 amide bonds. The van der Waals surface area contributed by atoms with Crippen LogP contribution in [0.5, 0.6) is 23.1 Å². The molecule has 9 aromatic heterocycles. The first-order valence-corrected chi connectivity index (χ1v) is 34.9. The molecule has 3 saturated heterocycles. The Morgan fingerprint density at radius 3 is 1.05 bits per heavy atom. The molecule has 110 heavy (non-hydrogen) atoms. The Bertz CT molecular complexity index is 4740. The van der Waals surface area contributed by atoms with Crippen molar-refractivity contribution in [2.75, 3.05) is 100 Å². The van der Waals surface area contributed by atoms with Gasteiger partial charge in [-0.1, -0.05) is 97.1 Å². The predicted molar refractivity (Wildman–Crippen MR) is 394 cm³/mol. The number of hydrogen-bond acceptors (Lipinski definition) is 21. The maximum Gasteiger partial charge on any atom is 0.387 e. The number of carbonyl (C=O) groups is 3. The Kier molecular flexibility index (Phi) is 24.4. The maximum absolute atomic E-state index is 13.3. The summed E-state index contributed by atoms with van der Waals surface area (Å²) in [6.45, 7) is -1.30. The van der Waals surface area contributed by atoms with E-state index in [0.29, 0.717) is 125 Å². The molecule has 0 N–H and O–H groups in total. The molecule has 564 valence electrons. The van der Waals surface area contributed by atoms with Crippen LogP contribution in [-0.4, -0.2) is 207 Å². The van der Waals surface area contributed by atoms with E-state index in [1.807, 2.05) is 137 Å². The van der Waals surface area contributed by atoms with Crippen molar-refractivity contribution in [3.63, 3.8) is 0 Å². The summed E-state index contributed by atoms with van der Waals surface area (Å²) < 4.78 is 98.1. The molecular formula is C77H72F6N20O7. The first-order valence-electron chi connectivity index (χ1n) is 34.9. The van der Waals surface area contributed by atoms with E-state index in [2.05, 4.69) is 84.1 Å². The second-order valence-corrected chi connectivity index (χ2v) is 24.8. The number of alkyl halides is 6. The zero-order valence-corrected chi connectivity index (χ0v) is 59.2. The van der Waals surface area contributed by atoms with Crippen molar-refractivity contribution >= 4 is 35.3 Å². The zero-order valence-electron chi connectivity index (χ0n) is 59.2. The van der Waals surface area contributed by atoms with E-state index < -0.39 is 19.8 Å². The third-order valence-electron chi connectivity index (χ3n) is 17.9. The minimum Gasteiger partial charge on any atom is -0.481 e. The Hall–Kier alpha value is -13.4. The summed E-state index contributed by atoms with van der Waals surface area (Å²) in [5.74, 6) is 2.55. The Morgan fingerprint density at radius 1 is 0.355 bits per heavy atom. The average molecular weight is 1500 g/mol. The van der Waals surface area contributed by atoms with Gasteiger partial charge in [0.2, 0.25) is 29.5 Å². The van der Waals surface area contributed by atoms with E-state index in [9.17, 15) is 40.7 Å². The molecule has 27 nitrogen and oxygen atoms in total. The summed E-state index contributed by atoms with van der Waals surface area (Å²) >= 11 is 0. The van der Waals surface area contributed by atoms with Gasteiger partial charge in [-0.3, -0.25) is 43.4 Å². The van der Waals surface area contributed by atoms with Crippen LogP contribution in [0.4, 0.5) is 43.9 Å². The van der Waals surface area contributed by atoms with Crippen molar-refractivity contribution in [2.45, 2.75) is 39.5 Å². The highest BCUT2D eigenvalue weighted by molar-refractivity contribution is 5.80. The van der Waals surface area contributed by atoms with E-state index in [1.165, 1.54) is 43.1 Å². The SMILES string of the molecule is COc1cc(N2CCN(C(=O)Cn3nc(-c4ccc(OC(F)F)cn4)cc3-c3ccccc3)CC2)ncn1.O=C(Cn1nc(-c2ccc(OC(F)F)cn2)cc1-c1ccccc1)N1CCN(c2ccccn2)CC1.O=C(Cn1nc(-c2ccc(OC(F)F)cn2)cc1-c1ccccc1)N1CCN(c2ncccn2)CC1. The third-order valence-corrected chi connectivity index (χ3v) is 17.9. The molecule has 0 aliphatic carbocycles. The number of aromatic nitrogens is 14. The number of methoxy groups -OCH3 is 1. The average Bonchev–Trinajstić information content (AvgIpc) is 1.67. The zero-order chi connectivity index (χ0) is 76.3. The number of rotatable bonds is 22. The van der Waals surface area contributed by atoms with Gasteiger partial charge >= 0.3 is 19.8 Å². The topological polar surface area (TPSA) is 264 Å². The normalized spacial score (nSPS) is 13.7. The lowest BCUT2D eigenvalue weighted by atomic mass is 10.1. The smallest absolute Gasteiger partial charge is 0.387 e. The largest absolute Gasteiger partial charge is 0.481 e. The summed E-state index contributed by atoms with van der Waals surface area (Å²) in [6, 6.07) is 52.6. The first kappa shape index (κ1) is 74.9. The monoisotopic (exact) mass is 1500 g/mol. The van der Waals surface area contributed by atoms with Crippen molar-refractivity contribution in [1.82, 2.24) is 83.9 Å². The highest BCUT2D eigenvalue weighted by Gasteiger charge is 2.29. The fraction of sp³-hybridized carbons (Fsp3) is 0.247. The second-order valence-electron chi connectivity index (χ2n) is 24.8. The van der Waals surface area contributed by atoms with Gasteiger partial charge < -0.3 is 48.3 Å². The maximum atomic E-state index is 13.3. The fourth-order valence-electron chi connectivity index (χ4n) is 12.4. The summed E-state index contributed by atoms with van der Waals surface area (Å²) in [6.07, 6.45) is 10.3. The number of halogens is 6. The quantitative estimate of drug-likeness (QED) is 0.0571. The fourth-order valence-corrected chi connectivity index (χ4v) is 12.4. The number of pyridine rings is 4. The van der Waals surface area contributed by atoms with Crippen LogP contribution in [0.3, 0.4) is 0 Å². The van der Waals surface area contributed by atoms with E-state index in [1.54, 1.807) is 75.0 Å². The second kappa shape index (κ2) is 35.8. The third kappa shape index (κ3) is 19.4. The number of anilines is 3. The van der Waals surface area contributed by atoms with Crippen LogP contribution in [0.15, 0.2) is 219 Å². The van der Waals surface area contributed by atoms with Crippen molar-refractivity contribution in [1.29, 1.82) is 0 Å². The van der Waals surface area contributed by atoms with Crippen LogP contribution in [0, 0.1) is 0 Å². The van der Waals surface area contributed by atoms with Gasteiger partial charge in [0.05, 0.1) is 59.9 Å². The highest BCUT2D eigenvalue weighted by Crippen LogP contribution is 2.32. The van der Waals surface area contributed by atoms with Crippen LogP contribution >= 0.6 is 0 Å². The van der Waals surface area contributed by atoms with Crippen molar-refractivity contribution in [3.8, 4) is 91.1 Å². The molecule has 3 aromatic carbocycles. The van der Waals surface area contributed by atoms with Gasteiger partial charge in [-0.2, -0.15) is 41.6 Å². The lowest BCUT2D eigenvalue weighted by Gasteiger charge is -2.35. The van der Waals surface area contributed by atoms with E-state index in [4.69, 9.17) is 4.74 Å². The molecule has 0 saturated carbocycles. The number of nitrogens with zero attached hydrogens (tertiary/aromatic N) is 20. The molecular weight excluding hydrogens is 1430 g/mol. The molecule has 0 radical (unpaired) electrons. The molecule has 12 aromatic rings. The molecule has 3 aliphatic heterocycles. The van der Waals surface area contributed by atoms with E-state index in [0.717, 1.165) is 45.4 Å². The molecule has 3 fully saturated rings. The van der Waals surface area contributed by atoms with Crippen LogP contribution in [0.25, 0.3) is 67.9 Å². The highest BCUT2D eigenvalue weighted by atomic mass is 19.3. The molecule has 33 heteroatoms. The lowest BCUT2D eigenvalue weighted by Crippen LogP contribution is -2.50. The number of amides is 3. The van der Waals surface area contributed by atoms with E-state index in [-0.39, 0.29) is 54.6 Å². The Balaban J connectivity index is 0.000000145. The van der Waals surface area contributed by atoms with Crippen LogP contribution in [0.1, 0.15) is 0 Å². The minimum atomic E-state index is -2.93. The molecule has 0 atom stereocenters. The summed E-state index contributed by atoms with van der Waals surface area (Å²) in [5.41, 5.74) is 7.98. The van der Waals surface area contributed by atoms with Gasteiger partial charge in [0, 0.05) is 103 Å². The number of carbonyl (C=O) groups excluding carboxylic acids is 3. The summed E-state index contributed by atoms with van der Waals surface area (Å²) in [5, 5.41) is 13.9. The van der Waals surface area contributed by atoms with Crippen LogP contribution in [-0.2, 0) is 34.0 Å². The molecule has 15 rings (SSSR count). The summed E-state index contributed by atoms with van der Waals surface area (Å²) in [7, 11) is 1.56. The minimum absolute atomic E-state index is 0.0310. The first-order chi connectivity index (χ1) is 53.6. The standard InChI is InChI=1S/C26H25F2N7O3.C26H24F2N6O2.C25H23F2N7O2/c1-37-24-14-23(30-17-31-24)33-9-11-34(12-10-33)25(36)16-35-22(18-5-3-2-4-6-18)13-21(32-35)20-8-7-19(15-29-20)38-26(27)28;27-26(28)36-20-9-10-21(30-17-20)22-16-23(19-6-2-1-3-7-19)34(31-22)18-25(35)33-14-12-32(13-15-33)24-8-4-5-11-29-24;26-24(27)36-19-7-8-20(30-16-19)21-15-22(18-5-2-1-3-6-18)34(31-21)17-23(35)32-11-13-33(14-12-32)25-28-9-4-10-29-25/h2-8,13-15,17,26H,9-12,16H2,1H3;1-11,16-17,26H,12-15,18H2;1-10,15-16,24H,11-14,17H2. The van der Waals surface area contributed by atoms with Crippen molar-refractivity contribution in [2.24, 2.45) is 0 Å². The molecule has 3 aliphatic rings.